The summed E-state index contributed by atoms with van der Waals surface area (Å²) in [5.74, 6) is 0.996. The molecule has 0 aromatic carbocycles. The molecule has 114 valence electrons. The molecule has 20 heavy (non-hydrogen) atoms. The van der Waals surface area contributed by atoms with Crippen molar-refractivity contribution in [3.05, 3.63) is 12.4 Å². The van der Waals surface area contributed by atoms with Gasteiger partial charge in [0.2, 0.25) is 10.0 Å². The van der Waals surface area contributed by atoms with Crippen molar-refractivity contribution in [2.75, 3.05) is 26.0 Å². The molecule has 2 heterocycles. The summed E-state index contributed by atoms with van der Waals surface area (Å²) < 4.78 is 32.2. The fourth-order valence-electron chi connectivity index (χ4n) is 2.36. The van der Waals surface area contributed by atoms with Gasteiger partial charge in [0, 0.05) is 25.0 Å². The SMILES string of the molecule is CC(C)n1cc(OCC2CCCN(S(C)(=O)=O)C2)cn1. The first-order valence-corrected chi connectivity index (χ1v) is 8.83. The van der Waals surface area contributed by atoms with Crippen LogP contribution in [0.15, 0.2) is 12.4 Å². The number of hydrogen-bond donors (Lipinski definition) is 0. The third-order valence-corrected chi connectivity index (χ3v) is 4.81. The Kier molecular flexibility index (Phi) is 4.70. The zero-order valence-electron chi connectivity index (χ0n) is 12.3. The van der Waals surface area contributed by atoms with E-state index in [1.807, 2.05) is 10.9 Å². The lowest BCUT2D eigenvalue weighted by molar-refractivity contribution is 0.180. The number of rotatable bonds is 5. The van der Waals surface area contributed by atoms with Crippen LogP contribution in [0.25, 0.3) is 0 Å². The van der Waals surface area contributed by atoms with E-state index in [9.17, 15) is 8.42 Å². The Morgan fingerprint density at radius 1 is 1.50 bits per heavy atom. The molecule has 1 unspecified atom stereocenters. The van der Waals surface area contributed by atoms with E-state index in [4.69, 9.17) is 4.74 Å². The zero-order valence-corrected chi connectivity index (χ0v) is 13.1. The molecule has 1 saturated heterocycles. The molecule has 2 rings (SSSR count). The van der Waals surface area contributed by atoms with Gasteiger partial charge < -0.3 is 4.74 Å². The second-order valence-electron chi connectivity index (χ2n) is 5.69. The molecule has 1 aliphatic rings. The largest absolute Gasteiger partial charge is 0.490 e. The van der Waals surface area contributed by atoms with Crippen LogP contribution < -0.4 is 4.74 Å². The van der Waals surface area contributed by atoms with Gasteiger partial charge in [0.15, 0.2) is 5.75 Å². The van der Waals surface area contributed by atoms with Gasteiger partial charge in [-0.2, -0.15) is 5.10 Å². The lowest BCUT2D eigenvalue weighted by atomic mass is 10.0. The first kappa shape index (κ1) is 15.3. The van der Waals surface area contributed by atoms with E-state index in [1.54, 1.807) is 10.5 Å². The standard InChI is InChI=1S/C13H23N3O3S/c1-11(2)16-9-13(7-14-16)19-10-12-5-4-6-15(8-12)20(3,17)18/h7,9,11-12H,4-6,8,10H2,1-3H3. The Hall–Kier alpha value is -1.08. The van der Waals surface area contributed by atoms with Gasteiger partial charge in [-0.15, -0.1) is 0 Å². The van der Waals surface area contributed by atoms with E-state index >= 15 is 0 Å². The molecular formula is C13H23N3O3S. The average molecular weight is 301 g/mol. The summed E-state index contributed by atoms with van der Waals surface area (Å²) in [7, 11) is -3.09. The molecule has 1 atom stereocenters. The van der Waals surface area contributed by atoms with Crippen molar-refractivity contribution in [1.82, 2.24) is 14.1 Å². The lowest BCUT2D eigenvalue weighted by Crippen LogP contribution is -2.40. The van der Waals surface area contributed by atoms with Crippen molar-refractivity contribution in [2.24, 2.45) is 5.92 Å². The van der Waals surface area contributed by atoms with Gasteiger partial charge in [0.05, 0.1) is 25.3 Å². The summed E-state index contributed by atoms with van der Waals surface area (Å²) >= 11 is 0. The number of piperidine rings is 1. The van der Waals surface area contributed by atoms with Crippen molar-refractivity contribution in [3.8, 4) is 5.75 Å². The summed E-state index contributed by atoms with van der Waals surface area (Å²) in [6.07, 6.45) is 6.75. The maximum absolute atomic E-state index is 11.6. The topological polar surface area (TPSA) is 64.4 Å². The minimum atomic E-state index is -3.09. The third kappa shape index (κ3) is 3.96. The van der Waals surface area contributed by atoms with E-state index in [0.29, 0.717) is 25.7 Å². The molecule has 0 saturated carbocycles. The van der Waals surface area contributed by atoms with Gasteiger partial charge in [-0.3, -0.25) is 4.68 Å². The molecule has 1 aromatic heterocycles. The fraction of sp³-hybridized carbons (Fsp3) is 0.769. The summed E-state index contributed by atoms with van der Waals surface area (Å²) in [6.45, 7) is 5.83. The van der Waals surface area contributed by atoms with Crippen LogP contribution in [0.5, 0.6) is 5.75 Å². The van der Waals surface area contributed by atoms with E-state index < -0.39 is 10.0 Å². The summed E-state index contributed by atoms with van der Waals surface area (Å²) in [6, 6.07) is 0.308. The van der Waals surface area contributed by atoms with E-state index in [2.05, 4.69) is 18.9 Å². The van der Waals surface area contributed by atoms with Crippen LogP contribution >= 0.6 is 0 Å². The minimum absolute atomic E-state index is 0.251. The van der Waals surface area contributed by atoms with Gasteiger partial charge in [-0.1, -0.05) is 0 Å². The van der Waals surface area contributed by atoms with Crippen LogP contribution in [-0.4, -0.2) is 48.5 Å². The molecule has 0 bridgehead atoms. The maximum Gasteiger partial charge on any atom is 0.211 e. The van der Waals surface area contributed by atoms with Crippen LogP contribution in [0.4, 0.5) is 0 Å². The van der Waals surface area contributed by atoms with Gasteiger partial charge in [-0.05, 0) is 26.7 Å². The van der Waals surface area contributed by atoms with Crippen LogP contribution in [0.1, 0.15) is 32.7 Å². The predicted octanol–water partition coefficient (Wildman–Crippen LogP) is 1.51. The van der Waals surface area contributed by atoms with Crippen molar-refractivity contribution in [3.63, 3.8) is 0 Å². The quantitative estimate of drug-likeness (QED) is 0.827. The zero-order chi connectivity index (χ0) is 14.8. The first-order chi connectivity index (χ1) is 9.36. The molecule has 0 N–H and O–H groups in total. The summed E-state index contributed by atoms with van der Waals surface area (Å²) in [4.78, 5) is 0. The number of ether oxygens (including phenoxy) is 1. The molecule has 6 nitrogen and oxygen atoms in total. The Balaban J connectivity index is 1.87. The van der Waals surface area contributed by atoms with Crippen LogP contribution in [0, 0.1) is 5.92 Å². The number of sulfonamides is 1. The third-order valence-electron chi connectivity index (χ3n) is 3.54. The normalized spacial score (nSPS) is 21.3. The van der Waals surface area contributed by atoms with Gasteiger partial charge >= 0.3 is 0 Å². The molecule has 1 fully saturated rings. The second-order valence-corrected chi connectivity index (χ2v) is 7.67. The van der Waals surface area contributed by atoms with Crippen LogP contribution in [0.3, 0.4) is 0 Å². The highest BCUT2D eigenvalue weighted by atomic mass is 32.2. The minimum Gasteiger partial charge on any atom is -0.490 e. The molecular weight excluding hydrogens is 278 g/mol. The highest BCUT2D eigenvalue weighted by Gasteiger charge is 2.26. The molecule has 0 aliphatic carbocycles. The number of nitrogens with zero attached hydrogens (tertiary/aromatic N) is 3. The van der Waals surface area contributed by atoms with Gasteiger partial charge in [0.1, 0.15) is 0 Å². The Bertz CT molecular complexity index is 539. The smallest absolute Gasteiger partial charge is 0.211 e. The van der Waals surface area contributed by atoms with E-state index in [1.165, 1.54) is 6.26 Å². The Labute approximate surface area is 120 Å². The number of aromatic nitrogens is 2. The Morgan fingerprint density at radius 3 is 2.85 bits per heavy atom. The molecule has 1 aliphatic heterocycles. The van der Waals surface area contributed by atoms with Crippen molar-refractivity contribution < 1.29 is 13.2 Å². The van der Waals surface area contributed by atoms with Crippen LogP contribution in [0.2, 0.25) is 0 Å². The summed E-state index contributed by atoms with van der Waals surface area (Å²) in [5, 5.41) is 4.22. The lowest BCUT2D eigenvalue weighted by Gasteiger charge is -2.30. The van der Waals surface area contributed by atoms with Crippen molar-refractivity contribution in [2.45, 2.75) is 32.7 Å². The summed E-state index contributed by atoms with van der Waals surface area (Å²) in [5.41, 5.74) is 0. The monoisotopic (exact) mass is 301 g/mol. The Morgan fingerprint density at radius 2 is 2.25 bits per heavy atom. The van der Waals surface area contributed by atoms with Gasteiger partial charge in [-0.25, -0.2) is 12.7 Å². The molecule has 7 heteroatoms. The highest BCUT2D eigenvalue weighted by molar-refractivity contribution is 7.88. The molecule has 0 amide bonds. The molecule has 1 aromatic rings. The fourth-order valence-corrected chi connectivity index (χ4v) is 3.30. The van der Waals surface area contributed by atoms with Crippen molar-refractivity contribution in [1.29, 1.82) is 0 Å². The maximum atomic E-state index is 11.6. The molecule has 0 radical (unpaired) electrons. The van der Waals surface area contributed by atoms with Crippen molar-refractivity contribution >= 4 is 10.0 Å². The highest BCUT2D eigenvalue weighted by Crippen LogP contribution is 2.20. The van der Waals surface area contributed by atoms with Crippen LogP contribution in [-0.2, 0) is 10.0 Å². The van der Waals surface area contributed by atoms with Gasteiger partial charge in [0.25, 0.3) is 0 Å². The van der Waals surface area contributed by atoms with E-state index in [0.717, 1.165) is 18.6 Å². The number of hydrogen-bond acceptors (Lipinski definition) is 4. The first-order valence-electron chi connectivity index (χ1n) is 6.98. The van der Waals surface area contributed by atoms with E-state index in [-0.39, 0.29) is 5.92 Å². The average Bonchev–Trinajstić information content (AvgIpc) is 2.85. The second kappa shape index (κ2) is 6.13. The molecule has 0 spiro atoms. The predicted molar refractivity (Wildman–Crippen MR) is 77.2 cm³/mol.